The Morgan fingerprint density at radius 2 is 1.86 bits per heavy atom. The molecule has 0 spiro atoms. The van der Waals surface area contributed by atoms with E-state index in [9.17, 15) is 9.18 Å². The summed E-state index contributed by atoms with van der Waals surface area (Å²) in [6.45, 7) is 3.02. The Hall–Kier alpha value is -3.29. The molecule has 0 aliphatic carbocycles. The number of hydrogen-bond donors (Lipinski definition) is 2. The molecule has 1 unspecified atom stereocenters. The van der Waals surface area contributed by atoms with Crippen LogP contribution in [0.25, 0.3) is 0 Å². The van der Waals surface area contributed by atoms with Gasteiger partial charge in [0.2, 0.25) is 5.91 Å². The Bertz CT molecular complexity index is 881. The number of rotatable bonds is 9. The SMILES string of the molecule is Cc1nnnn1C(Cc1ccc(F)cc1)C(=O)NCCCNc1ccccc1. The molecule has 3 aromatic rings. The zero-order valence-electron chi connectivity index (χ0n) is 15.7. The second-order valence-corrected chi connectivity index (χ2v) is 6.45. The van der Waals surface area contributed by atoms with Crippen LogP contribution in [0, 0.1) is 12.7 Å². The number of carbonyl (C=O) groups excluding carboxylic acids is 1. The number of aromatic nitrogens is 4. The molecule has 1 aromatic heterocycles. The Labute approximate surface area is 163 Å². The van der Waals surface area contributed by atoms with Gasteiger partial charge in [-0.1, -0.05) is 30.3 Å². The maximum atomic E-state index is 13.2. The van der Waals surface area contributed by atoms with E-state index in [1.807, 2.05) is 30.3 Å². The van der Waals surface area contributed by atoms with Crippen molar-refractivity contribution in [1.82, 2.24) is 25.5 Å². The Morgan fingerprint density at radius 3 is 2.54 bits per heavy atom. The third-order valence-corrected chi connectivity index (χ3v) is 4.35. The Balaban J connectivity index is 1.56. The van der Waals surface area contributed by atoms with Crippen molar-refractivity contribution in [2.45, 2.75) is 25.8 Å². The summed E-state index contributed by atoms with van der Waals surface area (Å²) in [5.41, 5.74) is 1.88. The number of carbonyl (C=O) groups is 1. The standard InChI is InChI=1S/C20H23FN6O/c1-15-24-25-26-27(15)19(14-16-8-10-17(21)11-9-16)20(28)23-13-5-12-22-18-6-3-2-4-7-18/h2-4,6-11,19,22H,5,12-14H2,1H3,(H,23,28). The minimum atomic E-state index is -0.595. The van der Waals surface area contributed by atoms with E-state index < -0.39 is 6.04 Å². The van der Waals surface area contributed by atoms with Crippen LogP contribution < -0.4 is 10.6 Å². The molecule has 2 aromatic carbocycles. The summed E-state index contributed by atoms with van der Waals surface area (Å²) in [5, 5.41) is 17.7. The summed E-state index contributed by atoms with van der Waals surface area (Å²) in [5.74, 6) is 0.0710. The van der Waals surface area contributed by atoms with Gasteiger partial charge in [0.25, 0.3) is 0 Å². The number of anilines is 1. The third-order valence-electron chi connectivity index (χ3n) is 4.35. The molecule has 1 heterocycles. The van der Waals surface area contributed by atoms with E-state index in [1.165, 1.54) is 16.8 Å². The predicted octanol–water partition coefficient (Wildman–Crippen LogP) is 2.52. The largest absolute Gasteiger partial charge is 0.385 e. The van der Waals surface area contributed by atoms with E-state index in [2.05, 4.69) is 26.2 Å². The van der Waals surface area contributed by atoms with E-state index in [0.717, 1.165) is 24.2 Å². The van der Waals surface area contributed by atoms with Gasteiger partial charge in [-0.2, -0.15) is 0 Å². The van der Waals surface area contributed by atoms with Crippen LogP contribution in [0.2, 0.25) is 0 Å². The van der Waals surface area contributed by atoms with Gasteiger partial charge in [0.05, 0.1) is 0 Å². The molecule has 0 saturated carbocycles. The lowest BCUT2D eigenvalue weighted by Crippen LogP contribution is -2.36. The first kappa shape index (κ1) is 19.5. The fourth-order valence-electron chi connectivity index (χ4n) is 2.87. The Morgan fingerprint density at radius 1 is 1.11 bits per heavy atom. The number of hydrogen-bond acceptors (Lipinski definition) is 5. The van der Waals surface area contributed by atoms with E-state index in [0.29, 0.717) is 18.8 Å². The van der Waals surface area contributed by atoms with Gasteiger partial charge in [0.15, 0.2) is 0 Å². The normalized spacial score (nSPS) is 11.8. The molecule has 3 rings (SSSR count). The van der Waals surface area contributed by atoms with Gasteiger partial charge in [-0.25, -0.2) is 9.07 Å². The highest BCUT2D eigenvalue weighted by atomic mass is 19.1. The molecule has 2 N–H and O–H groups in total. The second-order valence-electron chi connectivity index (χ2n) is 6.45. The van der Waals surface area contributed by atoms with Crippen molar-refractivity contribution < 1.29 is 9.18 Å². The van der Waals surface area contributed by atoms with Crippen molar-refractivity contribution in [3.05, 3.63) is 71.8 Å². The van der Waals surface area contributed by atoms with Gasteiger partial charge in [-0.05, 0) is 53.6 Å². The maximum Gasteiger partial charge on any atom is 0.245 e. The zero-order chi connectivity index (χ0) is 19.8. The number of halogens is 1. The summed E-state index contributed by atoms with van der Waals surface area (Å²) in [7, 11) is 0. The van der Waals surface area contributed by atoms with Crippen LogP contribution >= 0.6 is 0 Å². The molecule has 0 aliphatic rings. The highest BCUT2D eigenvalue weighted by molar-refractivity contribution is 5.80. The molecule has 146 valence electrons. The van der Waals surface area contributed by atoms with Crippen LogP contribution in [0.4, 0.5) is 10.1 Å². The van der Waals surface area contributed by atoms with E-state index in [4.69, 9.17) is 0 Å². The number of benzene rings is 2. The molecular formula is C20H23FN6O. The minimum absolute atomic E-state index is 0.167. The lowest BCUT2D eigenvalue weighted by atomic mass is 10.1. The number of nitrogens with one attached hydrogen (secondary N) is 2. The number of para-hydroxylation sites is 1. The van der Waals surface area contributed by atoms with E-state index in [-0.39, 0.29) is 11.7 Å². The number of tetrazole rings is 1. The van der Waals surface area contributed by atoms with Crippen molar-refractivity contribution in [2.75, 3.05) is 18.4 Å². The van der Waals surface area contributed by atoms with E-state index >= 15 is 0 Å². The van der Waals surface area contributed by atoms with Crippen molar-refractivity contribution in [3.63, 3.8) is 0 Å². The molecule has 0 fully saturated rings. The quantitative estimate of drug-likeness (QED) is 0.556. The van der Waals surface area contributed by atoms with Crippen LogP contribution in [0.15, 0.2) is 54.6 Å². The first-order valence-corrected chi connectivity index (χ1v) is 9.19. The maximum absolute atomic E-state index is 13.2. The van der Waals surface area contributed by atoms with Crippen LogP contribution in [0.1, 0.15) is 23.9 Å². The number of nitrogens with zero attached hydrogens (tertiary/aromatic N) is 4. The summed E-state index contributed by atoms with van der Waals surface area (Å²) in [4.78, 5) is 12.8. The van der Waals surface area contributed by atoms with Gasteiger partial charge in [-0.3, -0.25) is 4.79 Å². The summed E-state index contributed by atoms with van der Waals surface area (Å²) >= 11 is 0. The summed E-state index contributed by atoms with van der Waals surface area (Å²) in [6.07, 6.45) is 1.15. The third kappa shape index (κ3) is 5.35. The van der Waals surface area contributed by atoms with Crippen molar-refractivity contribution >= 4 is 11.6 Å². The molecule has 1 amide bonds. The van der Waals surface area contributed by atoms with Crippen molar-refractivity contribution in [3.8, 4) is 0 Å². The van der Waals surface area contributed by atoms with Gasteiger partial charge < -0.3 is 10.6 Å². The van der Waals surface area contributed by atoms with Crippen molar-refractivity contribution in [2.24, 2.45) is 0 Å². The van der Waals surface area contributed by atoms with Crippen LogP contribution in [0.3, 0.4) is 0 Å². The molecule has 0 radical (unpaired) electrons. The van der Waals surface area contributed by atoms with Gasteiger partial charge in [0, 0.05) is 25.2 Å². The zero-order valence-corrected chi connectivity index (χ0v) is 15.7. The van der Waals surface area contributed by atoms with Gasteiger partial charge >= 0.3 is 0 Å². The molecule has 0 bridgehead atoms. The molecule has 8 heteroatoms. The van der Waals surface area contributed by atoms with Crippen LogP contribution in [0.5, 0.6) is 0 Å². The first-order valence-electron chi connectivity index (χ1n) is 9.19. The van der Waals surface area contributed by atoms with Crippen molar-refractivity contribution in [1.29, 1.82) is 0 Å². The Kier molecular flexibility index (Phi) is 6.67. The molecule has 7 nitrogen and oxygen atoms in total. The smallest absolute Gasteiger partial charge is 0.245 e. The second kappa shape index (κ2) is 9.59. The monoisotopic (exact) mass is 382 g/mol. The molecule has 28 heavy (non-hydrogen) atoms. The fraction of sp³-hybridized carbons (Fsp3) is 0.300. The minimum Gasteiger partial charge on any atom is -0.385 e. The molecular weight excluding hydrogens is 359 g/mol. The highest BCUT2D eigenvalue weighted by Gasteiger charge is 2.23. The molecule has 0 saturated heterocycles. The average molecular weight is 382 g/mol. The molecule has 0 aliphatic heterocycles. The molecule has 1 atom stereocenters. The topological polar surface area (TPSA) is 84.7 Å². The predicted molar refractivity (Wildman–Crippen MR) is 104 cm³/mol. The van der Waals surface area contributed by atoms with Gasteiger partial charge in [0.1, 0.15) is 17.7 Å². The first-order chi connectivity index (χ1) is 13.6. The lowest BCUT2D eigenvalue weighted by Gasteiger charge is -2.18. The lowest BCUT2D eigenvalue weighted by molar-refractivity contribution is -0.124. The number of amides is 1. The average Bonchev–Trinajstić information content (AvgIpc) is 3.13. The summed E-state index contributed by atoms with van der Waals surface area (Å²) in [6, 6.07) is 15.4. The van der Waals surface area contributed by atoms with Gasteiger partial charge in [-0.15, -0.1) is 5.10 Å². The highest BCUT2D eigenvalue weighted by Crippen LogP contribution is 2.15. The van der Waals surface area contributed by atoms with Crippen LogP contribution in [-0.4, -0.2) is 39.2 Å². The number of aryl methyl sites for hydroxylation is 1. The fourth-order valence-corrected chi connectivity index (χ4v) is 2.87. The van der Waals surface area contributed by atoms with E-state index in [1.54, 1.807) is 19.1 Å². The summed E-state index contributed by atoms with van der Waals surface area (Å²) < 4.78 is 14.7. The van der Waals surface area contributed by atoms with Crippen LogP contribution in [-0.2, 0) is 11.2 Å².